The number of hydrogen-bond acceptors (Lipinski definition) is 5. The number of benzene rings is 2. The zero-order chi connectivity index (χ0) is 28.0. The molecular weight excluding hydrogens is 546 g/mol. The number of amides is 3. The number of nitrogens with zero attached hydrogens (tertiary/aromatic N) is 3. The van der Waals surface area contributed by atoms with Crippen LogP contribution in [0.3, 0.4) is 0 Å². The molecule has 2 saturated heterocycles. The molecule has 2 fully saturated rings. The first kappa shape index (κ1) is 27.1. The van der Waals surface area contributed by atoms with Gasteiger partial charge in [0.1, 0.15) is 6.04 Å². The Bertz CT molecular complexity index is 1380. The van der Waals surface area contributed by atoms with Crippen LogP contribution in [0.2, 0.25) is 5.02 Å². The normalized spacial score (nSPS) is 29.4. The highest BCUT2D eigenvalue weighted by Gasteiger charge is 2.71. The third-order valence-corrected chi connectivity index (χ3v) is 10.5. The number of likely N-dealkylation sites (tertiary alicyclic amines) is 1. The lowest BCUT2D eigenvalue weighted by molar-refractivity contribution is -0.143. The third-order valence-electron chi connectivity index (χ3n) is 8.47. The van der Waals surface area contributed by atoms with E-state index in [0.717, 1.165) is 11.1 Å². The van der Waals surface area contributed by atoms with Crippen molar-refractivity contribution in [2.75, 3.05) is 31.1 Å². The fourth-order valence-corrected chi connectivity index (χ4v) is 9.11. The van der Waals surface area contributed by atoms with Crippen molar-refractivity contribution in [3.8, 4) is 0 Å². The molecule has 208 valence electrons. The fourth-order valence-electron chi connectivity index (χ4n) is 6.78. The lowest BCUT2D eigenvalue weighted by Crippen LogP contribution is -2.53. The molecule has 3 amide bonds. The Morgan fingerprint density at radius 3 is 2.55 bits per heavy atom. The number of hydrogen-bond donors (Lipinski definition) is 1. The van der Waals surface area contributed by atoms with Gasteiger partial charge in [-0.05, 0) is 30.5 Å². The SMILES string of the molecule is Cc1cccc(Cl)c1N1CC=C[C@]23S[C@@H]4C=CCN(Cc5ccccc5)C(=O)[C@@H]4[C@H]2C(=O)N(CCCO)C3C1=O. The van der Waals surface area contributed by atoms with Crippen LogP contribution < -0.4 is 4.90 Å². The second-order valence-corrected chi connectivity index (χ2v) is 12.7. The smallest absolute Gasteiger partial charge is 0.251 e. The van der Waals surface area contributed by atoms with Crippen LogP contribution in [0.5, 0.6) is 0 Å². The first-order valence-corrected chi connectivity index (χ1v) is 15.0. The molecule has 7 nitrogen and oxygen atoms in total. The molecular formula is C31H32ClN3O4S. The first-order chi connectivity index (χ1) is 19.4. The van der Waals surface area contributed by atoms with E-state index in [1.54, 1.807) is 27.6 Å². The zero-order valence-electron chi connectivity index (χ0n) is 22.3. The number of fused-ring (bicyclic) bond motifs is 2. The number of aliphatic hydroxyl groups excluding tert-OH is 1. The van der Waals surface area contributed by atoms with Crippen molar-refractivity contribution < 1.29 is 19.5 Å². The quantitative estimate of drug-likeness (QED) is 0.528. The minimum Gasteiger partial charge on any atom is -0.396 e. The molecule has 6 rings (SSSR count). The van der Waals surface area contributed by atoms with Crippen molar-refractivity contribution >= 4 is 46.8 Å². The minimum absolute atomic E-state index is 0.0618. The number of para-hydroxylation sites is 1. The maximum atomic E-state index is 14.5. The standard InChI is InChI=1S/C31H32ClN3O4S/c1-20-9-5-12-22(32)26(20)34-16-7-14-31-25(29(38)35(17-8-18-36)27(31)30(34)39)24-23(40-31)13-6-15-33(28(24)37)19-21-10-3-2-4-11-21/h2-7,9-14,23-25,27,36H,8,15-19H2,1H3/t23-,24+,25+,27?,31+/m1/s1. The van der Waals surface area contributed by atoms with E-state index in [1.165, 1.54) is 0 Å². The van der Waals surface area contributed by atoms with Crippen LogP contribution >= 0.6 is 23.4 Å². The average Bonchev–Trinajstić information content (AvgIpc) is 3.26. The lowest BCUT2D eigenvalue weighted by atomic mass is 9.78. The number of carbonyl (C=O) groups is 3. The van der Waals surface area contributed by atoms with Crippen molar-refractivity contribution in [2.24, 2.45) is 11.8 Å². The van der Waals surface area contributed by atoms with Crippen LogP contribution in [0.25, 0.3) is 0 Å². The number of aliphatic hydroxyl groups is 1. The summed E-state index contributed by atoms with van der Waals surface area (Å²) in [6.45, 7) is 3.30. The van der Waals surface area contributed by atoms with Gasteiger partial charge in [-0.3, -0.25) is 14.4 Å². The van der Waals surface area contributed by atoms with E-state index in [4.69, 9.17) is 11.6 Å². The average molecular weight is 578 g/mol. The molecule has 1 N–H and O–H groups in total. The fraction of sp³-hybridized carbons (Fsp3) is 0.387. The highest BCUT2D eigenvalue weighted by Crippen LogP contribution is 2.61. The van der Waals surface area contributed by atoms with E-state index < -0.39 is 22.6 Å². The summed E-state index contributed by atoms with van der Waals surface area (Å²) in [5.41, 5.74) is 2.53. The van der Waals surface area contributed by atoms with Gasteiger partial charge in [-0.1, -0.05) is 78.4 Å². The molecule has 0 aliphatic carbocycles. The molecule has 0 radical (unpaired) electrons. The topological polar surface area (TPSA) is 81.2 Å². The van der Waals surface area contributed by atoms with Crippen LogP contribution in [-0.4, -0.2) is 74.9 Å². The van der Waals surface area contributed by atoms with Crippen molar-refractivity contribution in [3.05, 3.63) is 89.0 Å². The molecule has 9 heteroatoms. The second kappa shape index (κ2) is 10.7. The minimum atomic E-state index is -0.904. The van der Waals surface area contributed by atoms with Gasteiger partial charge in [-0.2, -0.15) is 0 Å². The summed E-state index contributed by atoms with van der Waals surface area (Å²) in [5.74, 6) is -1.75. The van der Waals surface area contributed by atoms with Crippen LogP contribution in [0.15, 0.2) is 72.8 Å². The van der Waals surface area contributed by atoms with E-state index in [0.29, 0.717) is 36.8 Å². The molecule has 0 aromatic heterocycles. The van der Waals surface area contributed by atoms with Gasteiger partial charge < -0.3 is 19.8 Å². The molecule has 1 unspecified atom stereocenters. The molecule has 40 heavy (non-hydrogen) atoms. The van der Waals surface area contributed by atoms with Gasteiger partial charge in [0.15, 0.2) is 0 Å². The van der Waals surface area contributed by atoms with Crippen LogP contribution in [0.4, 0.5) is 5.69 Å². The molecule has 2 aromatic carbocycles. The van der Waals surface area contributed by atoms with Crippen molar-refractivity contribution in [3.63, 3.8) is 0 Å². The van der Waals surface area contributed by atoms with Crippen molar-refractivity contribution in [2.45, 2.75) is 35.9 Å². The van der Waals surface area contributed by atoms with Crippen LogP contribution in [-0.2, 0) is 20.9 Å². The molecule has 1 spiro atoms. The predicted molar refractivity (Wildman–Crippen MR) is 157 cm³/mol. The van der Waals surface area contributed by atoms with Crippen molar-refractivity contribution in [1.29, 1.82) is 0 Å². The molecule has 2 aromatic rings. The molecule has 4 aliphatic heterocycles. The van der Waals surface area contributed by atoms with Gasteiger partial charge in [0.2, 0.25) is 11.8 Å². The van der Waals surface area contributed by atoms with Crippen LogP contribution in [0.1, 0.15) is 17.5 Å². The number of thioether (sulfide) groups is 1. The summed E-state index contributed by atoms with van der Waals surface area (Å²) in [7, 11) is 0. The second-order valence-electron chi connectivity index (χ2n) is 10.8. The molecule has 4 aliphatic rings. The van der Waals surface area contributed by atoms with E-state index in [9.17, 15) is 19.5 Å². The van der Waals surface area contributed by atoms with E-state index in [1.807, 2.05) is 78.6 Å². The Labute approximate surface area is 243 Å². The summed E-state index contributed by atoms with van der Waals surface area (Å²) in [6, 6.07) is 14.6. The Hall–Kier alpha value is -3.07. The van der Waals surface area contributed by atoms with E-state index in [-0.39, 0.29) is 36.1 Å². The van der Waals surface area contributed by atoms with Gasteiger partial charge in [0, 0.05) is 38.0 Å². The molecule has 0 saturated carbocycles. The van der Waals surface area contributed by atoms with E-state index in [2.05, 4.69) is 0 Å². The number of halogens is 1. The first-order valence-electron chi connectivity index (χ1n) is 13.7. The summed E-state index contributed by atoms with van der Waals surface area (Å²) in [6.07, 6.45) is 8.36. The molecule has 0 bridgehead atoms. The summed E-state index contributed by atoms with van der Waals surface area (Å²) in [4.78, 5) is 48.0. The summed E-state index contributed by atoms with van der Waals surface area (Å²) < 4.78 is -0.904. The van der Waals surface area contributed by atoms with Gasteiger partial charge in [-0.15, -0.1) is 11.8 Å². The number of aryl methyl sites for hydroxylation is 1. The van der Waals surface area contributed by atoms with E-state index >= 15 is 0 Å². The number of anilines is 1. The lowest BCUT2D eigenvalue weighted by Gasteiger charge is -2.35. The zero-order valence-corrected chi connectivity index (χ0v) is 23.9. The maximum absolute atomic E-state index is 14.5. The van der Waals surface area contributed by atoms with Crippen molar-refractivity contribution in [1.82, 2.24) is 9.80 Å². The van der Waals surface area contributed by atoms with Gasteiger partial charge in [0.05, 0.1) is 27.3 Å². The summed E-state index contributed by atoms with van der Waals surface area (Å²) in [5, 5.41) is 9.88. The third kappa shape index (κ3) is 4.28. The Balaban J connectivity index is 1.41. The van der Waals surface area contributed by atoms with Crippen LogP contribution in [0, 0.1) is 18.8 Å². The predicted octanol–water partition coefficient (Wildman–Crippen LogP) is 3.83. The van der Waals surface area contributed by atoms with Gasteiger partial charge in [-0.25, -0.2) is 0 Å². The van der Waals surface area contributed by atoms with Gasteiger partial charge in [0.25, 0.3) is 5.91 Å². The largest absolute Gasteiger partial charge is 0.396 e. The Morgan fingerprint density at radius 2 is 1.80 bits per heavy atom. The number of carbonyl (C=O) groups excluding carboxylic acids is 3. The Morgan fingerprint density at radius 1 is 1.00 bits per heavy atom. The molecule has 5 atom stereocenters. The monoisotopic (exact) mass is 577 g/mol. The molecule has 4 heterocycles. The summed E-state index contributed by atoms with van der Waals surface area (Å²) >= 11 is 8.16. The number of rotatable bonds is 6. The van der Waals surface area contributed by atoms with Gasteiger partial charge >= 0.3 is 0 Å². The highest BCUT2D eigenvalue weighted by molar-refractivity contribution is 8.02. The maximum Gasteiger partial charge on any atom is 0.251 e. The highest BCUT2D eigenvalue weighted by atomic mass is 35.5. The Kier molecular flexibility index (Phi) is 7.27.